The lowest BCUT2D eigenvalue weighted by atomic mass is 9.78. The number of hydrogen-bond acceptors (Lipinski definition) is 6. The molecule has 0 N–H and O–H groups in total. The highest BCUT2D eigenvalue weighted by Gasteiger charge is 2.48. The normalized spacial score (nSPS) is 21.7. The van der Waals surface area contributed by atoms with Crippen molar-refractivity contribution in [2.75, 3.05) is 38.8 Å². The summed E-state index contributed by atoms with van der Waals surface area (Å²) >= 11 is 0. The average Bonchev–Trinajstić information content (AvgIpc) is 3.18. The maximum Gasteiger partial charge on any atom is 0.230 e. The van der Waals surface area contributed by atoms with Crippen molar-refractivity contribution in [2.24, 2.45) is 5.41 Å². The molecule has 0 radical (unpaired) electrons. The highest BCUT2D eigenvalue weighted by atomic mass is 19.1. The maximum absolute atomic E-state index is 14.3. The first kappa shape index (κ1) is 19.4. The molecular formula is C21H25FN4O3. The van der Waals surface area contributed by atoms with E-state index in [0.29, 0.717) is 30.3 Å². The molecule has 0 aliphatic carbocycles. The summed E-state index contributed by atoms with van der Waals surface area (Å²) < 4.78 is 24.7. The Morgan fingerprint density at radius 1 is 1.14 bits per heavy atom. The van der Waals surface area contributed by atoms with Crippen LogP contribution >= 0.6 is 0 Å². The Labute approximate surface area is 169 Å². The van der Waals surface area contributed by atoms with Gasteiger partial charge in [-0.25, -0.2) is 14.4 Å². The fourth-order valence-corrected chi connectivity index (χ4v) is 4.37. The Bertz CT molecular complexity index is 909. The third kappa shape index (κ3) is 3.71. The lowest BCUT2D eigenvalue weighted by Crippen LogP contribution is -2.49. The van der Waals surface area contributed by atoms with Crippen LogP contribution in [-0.4, -0.2) is 54.6 Å². The number of ether oxygens (including phenoxy) is 2. The lowest BCUT2D eigenvalue weighted by Gasteiger charge is -2.39. The smallest absolute Gasteiger partial charge is 0.230 e. The van der Waals surface area contributed by atoms with Gasteiger partial charge in [-0.3, -0.25) is 4.79 Å². The van der Waals surface area contributed by atoms with Crippen molar-refractivity contribution in [3.63, 3.8) is 0 Å². The van der Waals surface area contributed by atoms with Crippen LogP contribution < -0.4 is 14.4 Å². The zero-order chi connectivity index (χ0) is 20.4. The lowest BCUT2D eigenvalue weighted by molar-refractivity contribution is -0.145. The Balaban J connectivity index is 1.51. The minimum absolute atomic E-state index is 0.0921. The van der Waals surface area contributed by atoms with Crippen molar-refractivity contribution in [2.45, 2.75) is 25.8 Å². The van der Waals surface area contributed by atoms with Gasteiger partial charge in [0.15, 0.2) is 0 Å². The van der Waals surface area contributed by atoms with Gasteiger partial charge in [0.25, 0.3) is 0 Å². The van der Waals surface area contributed by atoms with Gasteiger partial charge in [0.2, 0.25) is 11.8 Å². The topological polar surface area (TPSA) is 67.8 Å². The molecule has 1 aromatic carbocycles. The SMILES string of the molecule is COc1ccc(F)c(CN2CCCC3(CCN(c4cc(OC)ncn4)C3)C2=O)c1. The molecule has 1 atom stereocenters. The van der Waals surface area contributed by atoms with E-state index in [1.807, 2.05) is 0 Å². The molecule has 29 heavy (non-hydrogen) atoms. The molecule has 8 heteroatoms. The number of carbonyl (C=O) groups is 1. The number of halogens is 1. The maximum atomic E-state index is 14.3. The molecule has 154 valence electrons. The number of methoxy groups -OCH3 is 2. The van der Waals surface area contributed by atoms with Crippen molar-refractivity contribution in [3.8, 4) is 11.6 Å². The zero-order valence-corrected chi connectivity index (χ0v) is 16.7. The zero-order valence-electron chi connectivity index (χ0n) is 16.7. The molecule has 2 saturated heterocycles. The van der Waals surface area contributed by atoms with Gasteiger partial charge in [0.1, 0.15) is 23.7 Å². The summed E-state index contributed by atoms with van der Waals surface area (Å²) in [6.07, 6.45) is 3.97. The first-order valence-corrected chi connectivity index (χ1v) is 9.77. The van der Waals surface area contributed by atoms with E-state index in [4.69, 9.17) is 9.47 Å². The minimum atomic E-state index is -0.453. The van der Waals surface area contributed by atoms with Crippen LogP contribution in [0.15, 0.2) is 30.6 Å². The largest absolute Gasteiger partial charge is 0.497 e. The van der Waals surface area contributed by atoms with Crippen molar-refractivity contribution in [1.29, 1.82) is 0 Å². The second-order valence-electron chi connectivity index (χ2n) is 7.66. The molecule has 2 aromatic rings. The number of likely N-dealkylation sites (tertiary alicyclic amines) is 1. The average molecular weight is 400 g/mol. The molecule has 2 fully saturated rings. The monoisotopic (exact) mass is 400 g/mol. The van der Waals surface area contributed by atoms with E-state index in [1.54, 1.807) is 37.3 Å². The summed E-state index contributed by atoms with van der Waals surface area (Å²) in [5.41, 5.74) is 0.0244. The van der Waals surface area contributed by atoms with Gasteiger partial charge < -0.3 is 19.3 Å². The quantitative estimate of drug-likeness (QED) is 0.769. The minimum Gasteiger partial charge on any atom is -0.497 e. The van der Waals surface area contributed by atoms with Crippen LogP contribution in [0.4, 0.5) is 10.2 Å². The fourth-order valence-electron chi connectivity index (χ4n) is 4.37. The van der Waals surface area contributed by atoms with Gasteiger partial charge in [0, 0.05) is 37.8 Å². The van der Waals surface area contributed by atoms with Crippen molar-refractivity contribution in [3.05, 3.63) is 42.0 Å². The Hall–Kier alpha value is -2.90. The third-order valence-electron chi connectivity index (χ3n) is 5.95. The predicted octanol–water partition coefficient (Wildman–Crippen LogP) is 2.65. The number of carbonyl (C=O) groups excluding carboxylic acids is 1. The summed E-state index contributed by atoms with van der Waals surface area (Å²) in [7, 11) is 3.12. The second-order valence-corrected chi connectivity index (χ2v) is 7.66. The van der Waals surface area contributed by atoms with Gasteiger partial charge in [-0.1, -0.05) is 0 Å². The van der Waals surface area contributed by atoms with Crippen LogP contribution in [0, 0.1) is 11.2 Å². The molecule has 0 bridgehead atoms. The first-order chi connectivity index (χ1) is 14.0. The number of anilines is 1. The van der Waals surface area contributed by atoms with Gasteiger partial charge in [-0.15, -0.1) is 0 Å². The van der Waals surface area contributed by atoms with Crippen LogP contribution in [0.2, 0.25) is 0 Å². The Morgan fingerprint density at radius 2 is 2.00 bits per heavy atom. The van der Waals surface area contributed by atoms with E-state index in [2.05, 4.69) is 14.9 Å². The van der Waals surface area contributed by atoms with Crippen LogP contribution in [-0.2, 0) is 11.3 Å². The van der Waals surface area contributed by atoms with Gasteiger partial charge >= 0.3 is 0 Å². The number of rotatable bonds is 5. The van der Waals surface area contributed by atoms with Gasteiger partial charge in [0.05, 0.1) is 19.6 Å². The highest BCUT2D eigenvalue weighted by Crippen LogP contribution is 2.42. The van der Waals surface area contributed by atoms with E-state index in [1.165, 1.54) is 12.4 Å². The second kappa shape index (κ2) is 7.85. The van der Waals surface area contributed by atoms with E-state index in [9.17, 15) is 9.18 Å². The number of piperidine rings is 1. The molecule has 4 rings (SSSR count). The molecule has 1 unspecified atom stereocenters. The molecule has 2 aliphatic rings. The van der Waals surface area contributed by atoms with Crippen molar-refractivity contribution >= 4 is 11.7 Å². The van der Waals surface area contributed by atoms with Crippen LogP contribution in [0.25, 0.3) is 0 Å². The predicted molar refractivity (Wildman–Crippen MR) is 105 cm³/mol. The van der Waals surface area contributed by atoms with E-state index >= 15 is 0 Å². The summed E-state index contributed by atoms with van der Waals surface area (Å²) in [6, 6.07) is 6.43. The summed E-state index contributed by atoms with van der Waals surface area (Å²) in [4.78, 5) is 25.7. The van der Waals surface area contributed by atoms with Gasteiger partial charge in [-0.05, 0) is 37.5 Å². The number of hydrogen-bond donors (Lipinski definition) is 0. The molecule has 1 spiro atoms. The number of amides is 1. The molecular weight excluding hydrogens is 375 g/mol. The van der Waals surface area contributed by atoms with E-state index in [0.717, 1.165) is 31.6 Å². The fraction of sp³-hybridized carbons (Fsp3) is 0.476. The standard InChI is InChI=1S/C21H25FN4O3/c1-28-16-4-5-17(22)15(10-16)12-25-8-3-6-21(20(25)27)7-9-26(13-21)18-11-19(29-2)24-14-23-18/h4-5,10-11,14H,3,6-9,12-13H2,1-2H3. The van der Waals surface area contributed by atoms with Crippen LogP contribution in [0.5, 0.6) is 11.6 Å². The third-order valence-corrected chi connectivity index (χ3v) is 5.95. The number of aromatic nitrogens is 2. The van der Waals surface area contributed by atoms with Crippen molar-refractivity contribution in [1.82, 2.24) is 14.9 Å². The van der Waals surface area contributed by atoms with E-state index in [-0.39, 0.29) is 18.3 Å². The Morgan fingerprint density at radius 3 is 2.79 bits per heavy atom. The summed E-state index contributed by atoms with van der Waals surface area (Å²) in [5.74, 6) is 1.62. The number of nitrogens with zero attached hydrogens (tertiary/aromatic N) is 4. The summed E-state index contributed by atoms with van der Waals surface area (Å²) in [6.45, 7) is 2.24. The molecule has 1 aromatic heterocycles. The Kier molecular flexibility index (Phi) is 5.25. The van der Waals surface area contributed by atoms with Gasteiger partial charge in [-0.2, -0.15) is 0 Å². The molecule has 0 saturated carbocycles. The molecule has 1 amide bonds. The van der Waals surface area contributed by atoms with Crippen LogP contribution in [0.1, 0.15) is 24.8 Å². The van der Waals surface area contributed by atoms with Crippen LogP contribution in [0.3, 0.4) is 0 Å². The first-order valence-electron chi connectivity index (χ1n) is 9.77. The van der Waals surface area contributed by atoms with Crippen molar-refractivity contribution < 1.29 is 18.7 Å². The highest BCUT2D eigenvalue weighted by molar-refractivity contribution is 5.85. The molecule has 7 nitrogen and oxygen atoms in total. The molecule has 2 aliphatic heterocycles. The summed E-state index contributed by atoms with van der Waals surface area (Å²) in [5, 5.41) is 0. The molecule has 3 heterocycles. The number of benzene rings is 1. The van der Waals surface area contributed by atoms with E-state index < -0.39 is 5.41 Å².